The Kier molecular flexibility index (Phi) is 2.32. The van der Waals surface area contributed by atoms with Gasteiger partial charge in [-0.1, -0.05) is 18.2 Å². The lowest BCUT2D eigenvalue weighted by atomic mass is 10.1. The average Bonchev–Trinajstić information content (AvgIpc) is 2.98. The molecule has 0 atom stereocenters. The third-order valence-corrected chi connectivity index (χ3v) is 4.40. The summed E-state index contributed by atoms with van der Waals surface area (Å²) in [5.41, 5.74) is 4.36. The molecule has 1 aromatic carbocycles. The maximum atomic E-state index is 9.51. The molecule has 0 aliphatic heterocycles. The van der Waals surface area contributed by atoms with E-state index in [-0.39, 0.29) is 12.0 Å². The number of aromatic nitrogens is 3. The predicted octanol–water partition coefficient (Wildman–Crippen LogP) is 2.89. The van der Waals surface area contributed by atoms with Gasteiger partial charge in [0.25, 0.3) is 0 Å². The standard InChI is InChI=1S/C16H17N3O/c1-10-14(11-4-2-3-5-12(11)18-10)13-8-17-15(19-13)16(9-20)6-7-16/h2-5,8,18,20H,6-7,9H2,1H3,(H,17,19). The number of imidazole rings is 1. The van der Waals surface area contributed by atoms with E-state index >= 15 is 0 Å². The molecule has 3 aromatic rings. The molecule has 4 rings (SSSR count). The van der Waals surface area contributed by atoms with Gasteiger partial charge in [-0.3, -0.25) is 0 Å². The summed E-state index contributed by atoms with van der Waals surface area (Å²) in [7, 11) is 0. The van der Waals surface area contributed by atoms with Crippen molar-refractivity contribution in [3.8, 4) is 11.3 Å². The molecule has 20 heavy (non-hydrogen) atoms. The van der Waals surface area contributed by atoms with Gasteiger partial charge in [-0.25, -0.2) is 4.98 Å². The van der Waals surface area contributed by atoms with Gasteiger partial charge in [0.2, 0.25) is 0 Å². The third kappa shape index (κ3) is 1.55. The maximum Gasteiger partial charge on any atom is 0.115 e. The van der Waals surface area contributed by atoms with E-state index in [4.69, 9.17) is 0 Å². The van der Waals surface area contributed by atoms with Crippen LogP contribution in [-0.4, -0.2) is 26.7 Å². The predicted molar refractivity (Wildman–Crippen MR) is 78.6 cm³/mol. The molecule has 0 bridgehead atoms. The van der Waals surface area contributed by atoms with Crippen LogP contribution in [0.4, 0.5) is 0 Å². The third-order valence-electron chi connectivity index (χ3n) is 4.40. The summed E-state index contributed by atoms with van der Waals surface area (Å²) in [6, 6.07) is 8.28. The van der Waals surface area contributed by atoms with Crippen molar-refractivity contribution >= 4 is 10.9 Å². The van der Waals surface area contributed by atoms with Gasteiger partial charge < -0.3 is 15.1 Å². The van der Waals surface area contributed by atoms with Crippen LogP contribution < -0.4 is 0 Å². The fourth-order valence-electron chi connectivity index (χ4n) is 2.96. The lowest BCUT2D eigenvalue weighted by molar-refractivity contribution is 0.250. The fourth-order valence-corrected chi connectivity index (χ4v) is 2.96. The molecule has 2 aromatic heterocycles. The molecule has 1 aliphatic rings. The van der Waals surface area contributed by atoms with Crippen LogP contribution in [0, 0.1) is 6.92 Å². The Morgan fingerprint density at radius 2 is 2.05 bits per heavy atom. The SMILES string of the molecule is Cc1[nH]c2ccccc2c1-c1cnc(C2(CO)CC2)[nH]1. The number of fused-ring (bicyclic) bond motifs is 1. The van der Waals surface area contributed by atoms with Crippen LogP contribution >= 0.6 is 0 Å². The second kappa shape index (κ2) is 3.96. The minimum atomic E-state index is -0.113. The normalized spacial score (nSPS) is 16.7. The van der Waals surface area contributed by atoms with Gasteiger partial charge in [-0.2, -0.15) is 0 Å². The van der Waals surface area contributed by atoms with Crippen LogP contribution in [0.25, 0.3) is 22.2 Å². The molecule has 102 valence electrons. The summed E-state index contributed by atoms with van der Waals surface area (Å²) in [5.74, 6) is 0.916. The number of H-pyrrole nitrogens is 2. The Labute approximate surface area is 116 Å². The monoisotopic (exact) mass is 267 g/mol. The molecule has 4 heteroatoms. The Bertz CT molecular complexity index is 780. The molecule has 0 amide bonds. The first kappa shape index (κ1) is 11.7. The summed E-state index contributed by atoms with van der Waals surface area (Å²) in [4.78, 5) is 11.3. The van der Waals surface area contributed by atoms with E-state index in [0.29, 0.717) is 0 Å². The Balaban J connectivity index is 1.86. The van der Waals surface area contributed by atoms with Gasteiger partial charge in [0.05, 0.1) is 23.9 Å². The minimum Gasteiger partial charge on any atom is -0.395 e. The van der Waals surface area contributed by atoms with Gasteiger partial charge in [-0.05, 0) is 25.8 Å². The lowest BCUT2D eigenvalue weighted by Gasteiger charge is -2.06. The van der Waals surface area contributed by atoms with Crippen LogP contribution in [0.1, 0.15) is 24.4 Å². The average molecular weight is 267 g/mol. The number of benzene rings is 1. The largest absolute Gasteiger partial charge is 0.395 e. The number of para-hydroxylation sites is 1. The Hall–Kier alpha value is -2.07. The Morgan fingerprint density at radius 3 is 2.80 bits per heavy atom. The fraction of sp³-hybridized carbons (Fsp3) is 0.312. The second-order valence-corrected chi connectivity index (χ2v) is 5.75. The van der Waals surface area contributed by atoms with Crippen molar-refractivity contribution in [2.24, 2.45) is 0 Å². The quantitative estimate of drug-likeness (QED) is 0.683. The lowest BCUT2D eigenvalue weighted by Crippen LogP contribution is -2.13. The van der Waals surface area contributed by atoms with E-state index in [1.54, 1.807) is 0 Å². The second-order valence-electron chi connectivity index (χ2n) is 5.75. The molecule has 1 aliphatic carbocycles. The van der Waals surface area contributed by atoms with Crippen LogP contribution in [0.3, 0.4) is 0 Å². The number of hydrogen-bond acceptors (Lipinski definition) is 2. The van der Waals surface area contributed by atoms with E-state index in [1.807, 2.05) is 18.3 Å². The number of nitrogens with zero attached hydrogens (tertiary/aromatic N) is 1. The van der Waals surface area contributed by atoms with Crippen LogP contribution in [-0.2, 0) is 5.41 Å². The van der Waals surface area contributed by atoms with Crippen molar-refractivity contribution in [3.05, 3.63) is 42.0 Å². The van der Waals surface area contributed by atoms with E-state index in [2.05, 4.69) is 34.0 Å². The molecule has 4 nitrogen and oxygen atoms in total. The molecule has 3 N–H and O–H groups in total. The zero-order valence-electron chi connectivity index (χ0n) is 11.4. The molecule has 2 heterocycles. The number of hydrogen-bond donors (Lipinski definition) is 3. The van der Waals surface area contributed by atoms with Crippen molar-refractivity contribution in [1.29, 1.82) is 0 Å². The number of nitrogens with one attached hydrogen (secondary N) is 2. The highest BCUT2D eigenvalue weighted by atomic mass is 16.3. The van der Waals surface area contributed by atoms with Gasteiger partial charge in [-0.15, -0.1) is 0 Å². The van der Waals surface area contributed by atoms with Crippen molar-refractivity contribution < 1.29 is 5.11 Å². The smallest absolute Gasteiger partial charge is 0.115 e. The van der Waals surface area contributed by atoms with E-state index in [1.165, 1.54) is 10.9 Å². The molecule has 1 fully saturated rings. The highest BCUT2D eigenvalue weighted by Crippen LogP contribution is 2.46. The molecular formula is C16H17N3O. The van der Waals surface area contributed by atoms with Gasteiger partial charge in [0, 0.05) is 22.2 Å². The van der Waals surface area contributed by atoms with Crippen molar-refractivity contribution in [1.82, 2.24) is 15.0 Å². The van der Waals surface area contributed by atoms with Gasteiger partial charge in [0.1, 0.15) is 5.82 Å². The van der Waals surface area contributed by atoms with Crippen molar-refractivity contribution in [2.45, 2.75) is 25.2 Å². The van der Waals surface area contributed by atoms with E-state index < -0.39 is 0 Å². The highest BCUT2D eigenvalue weighted by Gasteiger charge is 2.46. The van der Waals surface area contributed by atoms with Crippen LogP contribution in [0.2, 0.25) is 0 Å². The zero-order valence-corrected chi connectivity index (χ0v) is 11.4. The molecule has 1 saturated carbocycles. The summed E-state index contributed by atoms with van der Waals surface area (Å²) in [6.45, 7) is 2.25. The molecule has 0 unspecified atom stereocenters. The molecule has 0 saturated heterocycles. The number of aliphatic hydroxyl groups is 1. The number of aliphatic hydroxyl groups excluding tert-OH is 1. The van der Waals surface area contributed by atoms with E-state index in [9.17, 15) is 5.11 Å². The first-order valence-corrected chi connectivity index (χ1v) is 6.97. The van der Waals surface area contributed by atoms with E-state index in [0.717, 1.165) is 35.6 Å². The summed E-state index contributed by atoms with van der Waals surface area (Å²) < 4.78 is 0. The highest BCUT2D eigenvalue weighted by molar-refractivity contribution is 5.96. The maximum absolute atomic E-state index is 9.51. The first-order chi connectivity index (χ1) is 9.73. The number of rotatable bonds is 3. The Morgan fingerprint density at radius 1 is 1.25 bits per heavy atom. The summed E-state index contributed by atoms with van der Waals surface area (Å²) in [5, 5.41) is 10.7. The van der Waals surface area contributed by atoms with Gasteiger partial charge in [0.15, 0.2) is 0 Å². The number of aromatic amines is 2. The topological polar surface area (TPSA) is 64.7 Å². The zero-order chi connectivity index (χ0) is 13.7. The summed E-state index contributed by atoms with van der Waals surface area (Å²) >= 11 is 0. The van der Waals surface area contributed by atoms with Crippen molar-refractivity contribution in [3.63, 3.8) is 0 Å². The summed E-state index contributed by atoms with van der Waals surface area (Å²) in [6.07, 6.45) is 3.92. The molecular weight excluding hydrogens is 250 g/mol. The first-order valence-electron chi connectivity index (χ1n) is 6.97. The van der Waals surface area contributed by atoms with Gasteiger partial charge >= 0.3 is 0 Å². The minimum absolute atomic E-state index is 0.113. The molecule has 0 spiro atoms. The van der Waals surface area contributed by atoms with Crippen LogP contribution in [0.5, 0.6) is 0 Å². The number of aryl methyl sites for hydroxylation is 1. The molecule has 0 radical (unpaired) electrons. The van der Waals surface area contributed by atoms with Crippen LogP contribution in [0.15, 0.2) is 30.5 Å². The van der Waals surface area contributed by atoms with Crippen molar-refractivity contribution in [2.75, 3.05) is 6.61 Å².